The van der Waals surface area contributed by atoms with Crippen LogP contribution in [0.3, 0.4) is 0 Å². The summed E-state index contributed by atoms with van der Waals surface area (Å²) in [6, 6.07) is 12.0. The van der Waals surface area contributed by atoms with Gasteiger partial charge >= 0.3 is 0 Å². The van der Waals surface area contributed by atoms with Crippen molar-refractivity contribution in [3.05, 3.63) is 59.5 Å². The van der Waals surface area contributed by atoms with Crippen LogP contribution < -0.4 is 10.2 Å². The van der Waals surface area contributed by atoms with Crippen molar-refractivity contribution in [2.75, 3.05) is 23.8 Å². The molecule has 1 aliphatic rings. The topological polar surface area (TPSA) is 77.7 Å². The van der Waals surface area contributed by atoms with Crippen LogP contribution in [-0.2, 0) is 6.42 Å². The Kier molecular flexibility index (Phi) is 3.98. The lowest BCUT2D eigenvalue weighted by molar-refractivity contribution is 0.955. The number of anilines is 3. The molecule has 3 aromatic rings. The molecular formula is C20H18N6. The van der Waals surface area contributed by atoms with Gasteiger partial charge in [0.1, 0.15) is 6.07 Å². The number of nitriles is 1. The molecule has 0 amide bonds. The second kappa shape index (κ2) is 6.45. The Bertz CT molecular complexity index is 1020. The molecule has 128 valence electrons. The normalized spacial score (nSPS) is 12.6. The smallest absolute Gasteiger partial charge is 0.227 e. The molecule has 0 aliphatic carbocycles. The highest BCUT2D eigenvalue weighted by Gasteiger charge is 2.21. The van der Waals surface area contributed by atoms with Crippen molar-refractivity contribution >= 4 is 17.3 Å². The van der Waals surface area contributed by atoms with E-state index in [1.165, 1.54) is 5.56 Å². The highest BCUT2D eigenvalue weighted by atomic mass is 15.1. The third-order valence-corrected chi connectivity index (χ3v) is 4.51. The van der Waals surface area contributed by atoms with Crippen molar-refractivity contribution in [1.82, 2.24) is 15.0 Å². The molecule has 1 aliphatic heterocycles. The van der Waals surface area contributed by atoms with Crippen LogP contribution >= 0.6 is 0 Å². The first-order chi connectivity index (χ1) is 12.6. The molecule has 26 heavy (non-hydrogen) atoms. The third kappa shape index (κ3) is 2.95. The molecule has 0 saturated carbocycles. The van der Waals surface area contributed by atoms with E-state index >= 15 is 0 Å². The zero-order valence-electron chi connectivity index (χ0n) is 14.7. The zero-order valence-corrected chi connectivity index (χ0v) is 14.7. The van der Waals surface area contributed by atoms with Crippen LogP contribution in [0.25, 0.3) is 11.3 Å². The molecule has 6 nitrogen and oxygen atoms in total. The predicted molar refractivity (Wildman–Crippen MR) is 101 cm³/mol. The third-order valence-electron chi connectivity index (χ3n) is 4.51. The molecule has 3 heterocycles. The van der Waals surface area contributed by atoms with Gasteiger partial charge in [-0.3, -0.25) is 4.98 Å². The fourth-order valence-electron chi connectivity index (χ4n) is 3.30. The molecule has 4 rings (SSSR count). The van der Waals surface area contributed by atoms with E-state index in [0.29, 0.717) is 11.5 Å². The lowest BCUT2D eigenvalue weighted by Gasteiger charge is -2.14. The maximum atomic E-state index is 9.54. The molecule has 0 spiro atoms. The van der Waals surface area contributed by atoms with Crippen LogP contribution in [0, 0.1) is 18.3 Å². The van der Waals surface area contributed by atoms with Gasteiger partial charge in [0.2, 0.25) is 5.95 Å². The first-order valence-electron chi connectivity index (χ1n) is 8.45. The van der Waals surface area contributed by atoms with E-state index in [0.717, 1.165) is 41.3 Å². The van der Waals surface area contributed by atoms with Gasteiger partial charge in [0.05, 0.1) is 16.9 Å². The number of pyridine rings is 1. The summed E-state index contributed by atoms with van der Waals surface area (Å²) in [4.78, 5) is 15.2. The number of nitrogens with one attached hydrogen (secondary N) is 1. The minimum absolute atomic E-state index is 0.518. The molecule has 0 saturated heterocycles. The molecule has 0 radical (unpaired) electrons. The summed E-state index contributed by atoms with van der Waals surface area (Å²) in [6.45, 7) is 2.87. The Morgan fingerprint density at radius 1 is 1.15 bits per heavy atom. The maximum Gasteiger partial charge on any atom is 0.227 e. The van der Waals surface area contributed by atoms with Crippen LogP contribution in [-0.4, -0.2) is 28.5 Å². The number of fused-ring (bicyclic) bond motifs is 1. The van der Waals surface area contributed by atoms with E-state index in [-0.39, 0.29) is 0 Å². The van der Waals surface area contributed by atoms with E-state index in [4.69, 9.17) is 0 Å². The minimum atomic E-state index is 0.518. The lowest BCUT2D eigenvalue weighted by atomic mass is 10.0. The van der Waals surface area contributed by atoms with Crippen molar-refractivity contribution in [2.45, 2.75) is 13.3 Å². The van der Waals surface area contributed by atoms with Gasteiger partial charge in [0, 0.05) is 42.9 Å². The molecule has 0 atom stereocenters. The van der Waals surface area contributed by atoms with Crippen molar-refractivity contribution in [3.8, 4) is 17.3 Å². The SMILES string of the molecule is Cc1cc(Nc2nccc(-c3cc(C#N)c4c(c3)CCN4C)n2)ccn1. The average molecular weight is 342 g/mol. The van der Waals surface area contributed by atoms with Crippen LogP contribution in [0.1, 0.15) is 16.8 Å². The number of hydrogen-bond acceptors (Lipinski definition) is 6. The second-order valence-corrected chi connectivity index (χ2v) is 6.39. The van der Waals surface area contributed by atoms with Gasteiger partial charge in [-0.15, -0.1) is 0 Å². The summed E-state index contributed by atoms with van der Waals surface area (Å²) in [7, 11) is 2.02. The molecule has 2 aromatic heterocycles. The van der Waals surface area contributed by atoms with Crippen LogP contribution in [0.15, 0.2) is 42.7 Å². The van der Waals surface area contributed by atoms with Gasteiger partial charge in [-0.25, -0.2) is 9.97 Å². The molecule has 6 heteroatoms. The quantitative estimate of drug-likeness (QED) is 0.785. The summed E-state index contributed by atoms with van der Waals surface area (Å²) in [6.07, 6.45) is 4.42. The second-order valence-electron chi connectivity index (χ2n) is 6.39. The summed E-state index contributed by atoms with van der Waals surface area (Å²) in [5.74, 6) is 0.518. The van der Waals surface area contributed by atoms with Gasteiger partial charge in [-0.1, -0.05) is 0 Å². The Morgan fingerprint density at radius 2 is 2.00 bits per heavy atom. The number of aryl methyl sites for hydroxylation is 1. The van der Waals surface area contributed by atoms with E-state index < -0.39 is 0 Å². The number of likely N-dealkylation sites (N-methyl/N-ethyl adjacent to an activating group) is 1. The summed E-state index contributed by atoms with van der Waals surface area (Å²) in [5, 5.41) is 12.7. The van der Waals surface area contributed by atoms with Gasteiger partial charge in [-0.05, 0) is 49.2 Å². The number of hydrogen-bond donors (Lipinski definition) is 1. The average Bonchev–Trinajstić information content (AvgIpc) is 3.02. The van der Waals surface area contributed by atoms with Gasteiger partial charge in [-0.2, -0.15) is 5.26 Å². The Balaban J connectivity index is 1.70. The van der Waals surface area contributed by atoms with E-state index in [9.17, 15) is 5.26 Å². The number of benzene rings is 1. The highest BCUT2D eigenvalue weighted by molar-refractivity contribution is 5.75. The minimum Gasteiger partial charge on any atom is -0.373 e. The van der Waals surface area contributed by atoms with Crippen molar-refractivity contribution < 1.29 is 0 Å². The first-order valence-corrected chi connectivity index (χ1v) is 8.45. The van der Waals surface area contributed by atoms with E-state index in [1.54, 1.807) is 12.4 Å². The predicted octanol–water partition coefficient (Wildman–Crippen LogP) is 3.45. The molecule has 0 unspecified atom stereocenters. The van der Waals surface area contributed by atoms with E-state index in [1.807, 2.05) is 38.2 Å². The summed E-state index contributed by atoms with van der Waals surface area (Å²) in [5.41, 5.74) is 6.47. The van der Waals surface area contributed by atoms with E-state index in [2.05, 4.69) is 37.3 Å². The number of nitrogens with zero attached hydrogens (tertiary/aromatic N) is 5. The highest BCUT2D eigenvalue weighted by Crippen LogP contribution is 2.34. The lowest BCUT2D eigenvalue weighted by Crippen LogP contribution is -2.13. The van der Waals surface area contributed by atoms with Gasteiger partial charge in [0.25, 0.3) is 0 Å². The van der Waals surface area contributed by atoms with Crippen LogP contribution in [0.2, 0.25) is 0 Å². The standard InChI is InChI=1S/C20H18N6/c1-13-9-17(3-6-22-13)24-20-23-7-4-18(25-20)15-10-14-5-8-26(2)19(14)16(11-15)12-21/h3-4,6-7,9-11H,5,8H2,1-2H3,(H,22,23,24,25). The maximum absolute atomic E-state index is 9.54. The molecule has 1 aromatic carbocycles. The Hall–Kier alpha value is -3.46. The molecule has 0 bridgehead atoms. The number of aromatic nitrogens is 3. The van der Waals surface area contributed by atoms with Crippen molar-refractivity contribution in [3.63, 3.8) is 0 Å². The Labute approximate surface area is 152 Å². The van der Waals surface area contributed by atoms with Crippen molar-refractivity contribution in [2.24, 2.45) is 0 Å². The zero-order chi connectivity index (χ0) is 18.1. The van der Waals surface area contributed by atoms with Gasteiger partial charge < -0.3 is 10.2 Å². The summed E-state index contributed by atoms with van der Waals surface area (Å²) >= 11 is 0. The Morgan fingerprint density at radius 3 is 2.81 bits per heavy atom. The fourth-order valence-corrected chi connectivity index (χ4v) is 3.30. The van der Waals surface area contributed by atoms with Gasteiger partial charge in [0.15, 0.2) is 0 Å². The fraction of sp³-hybridized carbons (Fsp3) is 0.200. The first kappa shape index (κ1) is 16.0. The van der Waals surface area contributed by atoms with Crippen LogP contribution in [0.4, 0.5) is 17.3 Å². The monoisotopic (exact) mass is 342 g/mol. The number of rotatable bonds is 3. The molecular weight excluding hydrogens is 324 g/mol. The molecule has 1 N–H and O–H groups in total. The largest absolute Gasteiger partial charge is 0.373 e. The van der Waals surface area contributed by atoms with Crippen LogP contribution in [0.5, 0.6) is 0 Å². The molecule has 0 fully saturated rings. The summed E-state index contributed by atoms with van der Waals surface area (Å²) < 4.78 is 0. The van der Waals surface area contributed by atoms with Crippen molar-refractivity contribution in [1.29, 1.82) is 5.26 Å².